The highest BCUT2D eigenvalue weighted by Gasteiger charge is 2.06. The Labute approximate surface area is 313 Å². The van der Waals surface area contributed by atoms with Crippen LogP contribution in [0.3, 0.4) is 0 Å². The van der Waals surface area contributed by atoms with Crippen molar-refractivity contribution in [2.24, 2.45) is 0 Å². The second-order valence-corrected chi connectivity index (χ2v) is 10.9. The number of aromatic hydroxyl groups is 1. The standard InChI is InChI=1S/C11H7ClN4O2.C10H6ClN3O.C8H5ClN2O.C3H3ClN2O/c12-11-10-7(1-2-13-11)3-8(4-14-10)17-5-9-15-6-18-16-9;1-12-6-15-8-4-7-2-3-13-10(11)9(7)14-5-8;9-8-7-5(1-2-10-8)3-6(12)4-11-7;4-1-3-5-2-7-6-3/h1-4,6H,5H2;2-5H,6H2;1-4,12H;2H,1H2. The van der Waals surface area contributed by atoms with Gasteiger partial charge in [0.25, 0.3) is 0 Å². The number of ether oxygens (including phenoxy) is 2. The van der Waals surface area contributed by atoms with Crippen molar-refractivity contribution < 1.29 is 23.6 Å². The topological polar surface area (TPSA) is 198 Å². The van der Waals surface area contributed by atoms with E-state index >= 15 is 0 Å². The summed E-state index contributed by atoms with van der Waals surface area (Å²) in [6.45, 7) is 6.81. The van der Waals surface area contributed by atoms with Crippen molar-refractivity contribution in [3.05, 3.63) is 125 Å². The fourth-order valence-corrected chi connectivity index (χ4v) is 4.70. The van der Waals surface area contributed by atoms with Gasteiger partial charge in [-0.05, 0) is 36.4 Å². The van der Waals surface area contributed by atoms with E-state index in [2.05, 4.69) is 64.1 Å². The number of fused-ring (bicyclic) bond motifs is 3. The molecule has 8 aromatic rings. The molecule has 8 heterocycles. The maximum absolute atomic E-state index is 9.10. The fourth-order valence-electron chi connectivity index (χ4n) is 3.94. The minimum absolute atomic E-state index is 0.00793. The molecular formula is C32H21Cl4N11O5. The lowest BCUT2D eigenvalue weighted by Crippen LogP contribution is -1.98. The SMILES string of the molecule is ClCc1ncon1.Clc1nccc2cc(OCc3ncon3)cnc12.Oc1cnc2c(Cl)nccc2c1.[C-]#[N+]COc1cnc2c(Cl)nccc2c1. The number of pyridine rings is 6. The number of hydrogen-bond acceptors (Lipinski definition) is 15. The van der Waals surface area contributed by atoms with Crippen LogP contribution in [0.5, 0.6) is 17.2 Å². The minimum Gasteiger partial charge on any atom is -0.506 e. The molecule has 8 rings (SSSR count). The molecule has 0 unspecified atom stereocenters. The molecule has 0 atom stereocenters. The molecule has 0 aliphatic heterocycles. The third kappa shape index (κ3) is 10.5. The maximum atomic E-state index is 9.10. The first-order chi connectivity index (χ1) is 25.3. The van der Waals surface area contributed by atoms with Crippen molar-refractivity contribution >= 4 is 79.1 Å². The molecule has 0 saturated heterocycles. The monoisotopic (exact) mass is 779 g/mol. The summed E-state index contributed by atoms with van der Waals surface area (Å²) in [6, 6.07) is 10.6. The Morgan fingerprint density at radius 1 is 0.635 bits per heavy atom. The summed E-state index contributed by atoms with van der Waals surface area (Å²) in [7, 11) is 0. The summed E-state index contributed by atoms with van der Waals surface area (Å²) in [5.74, 6) is 2.61. The Bertz CT molecular complexity index is 2400. The van der Waals surface area contributed by atoms with E-state index < -0.39 is 0 Å². The van der Waals surface area contributed by atoms with Crippen molar-refractivity contribution in [3.63, 3.8) is 0 Å². The average molecular weight is 781 g/mol. The normalized spacial score (nSPS) is 10.2. The Balaban J connectivity index is 0.000000140. The first-order valence-electron chi connectivity index (χ1n) is 14.4. The van der Waals surface area contributed by atoms with Crippen LogP contribution in [-0.4, -0.2) is 62.0 Å². The number of rotatable bonds is 6. The van der Waals surface area contributed by atoms with Crippen LogP contribution < -0.4 is 9.47 Å². The molecular weight excluding hydrogens is 760 g/mol. The lowest BCUT2D eigenvalue weighted by molar-refractivity contribution is 0.286. The molecule has 0 bridgehead atoms. The van der Waals surface area contributed by atoms with E-state index in [4.69, 9.17) is 67.6 Å². The van der Waals surface area contributed by atoms with Crippen LogP contribution in [0.4, 0.5) is 0 Å². The average Bonchev–Trinajstić information content (AvgIpc) is 3.90. The zero-order valence-electron chi connectivity index (χ0n) is 26.2. The first-order valence-corrected chi connectivity index (χ1v) is 16.1. The molecule has 20 heteroatoms. The van der Waals surface area contributed by atoms with Gasteiger partial charge in [-0.15, -0.1) is 11.6 Å². The summed E-state index contributed by atoms with van der Waals surface area (Å²) >= 11 is 22.8. The summed E-state index contributed by atoms with van der Waals surface area (Å²) in [4.78, 5) is 34.5. The van der Waals surface area contributed by atoms with E-state index in [0.29, 0.717) is 61.0 Å². The molecule has 1 N–H and O–H groups in total. The summed E-state index contributed by atoms with van der Waals surface area (Å²) in [5, 5.41) is 19.7. The molecule has 0 saturated carbocycles. The predicted molar refractivity (Wildman–Crippen MR) is 190 cm³/mol. The number of hydrogen-bond donors (Lipinski definition) is 1. The highest BCUT2D eigenvalue weighted by molar-refractivity contribution is 6.34. The maximum Gasteiger partial charge on any atom is 0.357 e. The second kappa shape index (κ2) is 18.8. The molecule has 0 amide bonds. The number of nitrogens with zero attached hydrogens (tertiary/aromatic N) is 11. The molecule has 0 aliphatic carbocycles. The molecule has 262 valence electrons. The highest BCUT2D eigenvalue weighted by Crippen LogP contribution is 2.24. The van der Waals surface area contributed by atoms with Crippen molar-refractivity contribution in [1.29, 1.82) is 0 Å². The van der Waals surface area contributed by atoms with Gasteiger partial charge >= 0.3 is 6.73 Å². The number of halogens is 4. The van der Waals surface area contributed by atoms with E-state index in [0.717, 1.165) is 16.2 Å². The van der Waals surface area contributed by atoms with Crippen molar-refractivity contribution in [1.82, 2.24) is 50.2 Å². The van der Waals surface area contributed by atoms with Crippen LogP contribution in [0, 0.1) is 6.57 Å². The van der Waals surface area contributed by atoms with Crippen LogP contribution in [-0.2, 0) is 12.5 Å². The molecule has 0 aliphatic rings. The molecule has 0 fully saturated rings. The van der Waals surface area contributed by atoms with Gasteiger partial charge in [0.15, 0.2) is 27.9 Å². The zero-order chi connectivity index (χ0) is 36.7. The number of aromatic nitrogens is 10. The predicted octanol–water partition coefficient (Wildman–Crippen LogP) is 7.58. The van der Waals surface area contributed by atoms with Gasteiger partial charge in [0.05, 0.1) is 24.5 Å². The van der Waals surface area contributed by atoms with Crippen LogP contribution in [0.2, 0.25) is 15.5 Å². The zero-order valence-corrected chi connectivity index (χ0v) is 29.2. The quantitative estimate of drug-likeness (QED) is 0.0983. The third-order valence-corrected chi connectivity index (χ3v) is 7.27. The highest BCUT2D eigenvalue weighted by atomic mass is 35.5. The fraction of sp³-hybridized carbons (Fsp3) is 0.0938. The lowest BCUT2D eigenvalue weighted by Gasteiger charge is -2.04. The first kappa shape index (κ1) is 37.3. The molecule has 0 radical (unpaired) electrons. The van der Waals surface area contributed by atoms with Crippen molar-refractivity contribution in [2.45, 2.75) is 12.5 Å². The second-order valence-electron chi connectivity index (χ2n) is 9.60. The smallest absolute Gasteiger partial charge is 0.357 e. The van der Waals surface area contributed by atoms with Gasteiger partial charge in [-0.1, -0.05) is 45.1 Å². The van der Waals surface area contributed by atoms with E-state index in [1.54, 1.807) is 49.1 Å². The Hall–Kier alpha value is -5.99. The molecule has 0 spiro atoms. The van der Waals surface area contributed by atoms with E-state index in [1.807, 2.05) is 12.1 Å². The van der Waals surface area contributed by atoms with Crippen LogP contribution >= 0.6 is 46.4 Å². The summed E-state index contributed by atoms with van der Waals surface area (Å²) in [5.41, 5.74) is 1.89. The van der Waals surface area contributed by atoms with E-state index in [1.165, 1.54) is 25.2 Å². The Morgan fingerprint density at radius 3 is 1.58 bits per heavy atom. The summed E-state index contributed by atoms with van der Waals surface area (Å²) < 4.78 is 19.6. The van der Waals surface area contributed by atoms with Crippen molar-refractivity contribution in [3.8, 4) is 17.2 Å². The Morgan fingerprint density at radius 2 is 1.12 bits per heavy atom. The molecule has 0 aromatic carbocycles. The molecule has 8 aromatic heterocycles. The van der Waals surface area contributed by atoms with Crippen LogP contribution in [0.25, 0.3) is 37.6 Å². The largest absolute Gasteiger partial charge is 0.506 e. The summed E-state index contributed by atoms with van der Waals surface area (Å²) in [6.07, 6.45) is 11.7. The number of alkyl halides is 1. The van der Waals surface area contributed by atoms with E-state index in [9.17, 15) is 0 Å². The van der Waals surface area contributed by atoms with Crippen LogP contribution in [0.1, 0.15) is 11.6 Å². The molecule has 52 heavy (non-hydrogen) atoms. The van der Waals surface area contributed by atoms with Gasteiger partial charge in [0.1, 0.15) is 33.8 Å². The van der Waals surface area contributed by atoms with Gasteiger partial charge in [0.2, 0.25) is 18.6 Å². The van der Waals surface area contributed by atoms with Gasteiger partial charge in [0, 0.05) is 34.7 Å². The molecule has 16 nitrogen and oxygen atoms in total. The van der Waals surface area contributed by atoms with Gasteiger partial charge < -0.3 is 23.6 Å². The third-order valence-electron chi connectivity index (χ3n) is 6.20. The van der Waals surface area contributed by atoms with Gasteiger partial charge in [-0.3, -0.25) is 4.85 Å². The van der Waals surface area contributed by atoms with Gasteiger partial charge in [-0.2, -0.15) is 9.97 Å². The van der Waals surface area contributed by atoms with Gasteiger partial charge in [-0.25, -0.2) is 36.5 Å². The van der Waals surface area contributed by atoms with E-state index in [-0.39, 0.29) is 19.1 Å². The van der Waals surface area contributed by atoms with Crippen LogP contribution in [0.15, 0.2) is 95.4 Å². The Kier molecular flexibility index (Phi) is 13.5. The minimum atomic E-state index is -0.00793. The lowest BCUT2D eigenvalue weighted by atomic mass is 10.2. The van der Waals surface area contributed by atoms with Crippen molar-refractivity contribution in [2.75, 3.05) is 6.73 Å².